The Morgan fingerprint density at radius 2 is 1.76 bits per heavy atom. The molecular weight excluding hydrogens is 397 g/mol. The monoisotopic (exact) mass is 422 g/mol. The third-order valence-electron chi connectivity index (χ3n) is 6.20. The van der Waals surface area contributed by atoms with Gasteiger partial charge in [-0.25, -0.2) is 0 Å². The lowest BCUT2D eigenvalue weighted by molar-refractivity contribution is -0.137. The first-order chi connectivity index (χ1) is 13.8. The molecule has 156 valence electrons. The Kier molecular flexibility index (Phi) is 5.46. The van der Waals surface area contributed by atoms with Gasteiger partial charge in [-0.3, -0.25) is 4.79 Å². The standard InChI is InChI=1S/C22H25F3N2OS/c1-16(28)21(15-26-11-3-2-4-12-26)19-10-14-29-20(19)9-13-27(21)18-7-5-17(6-8-18)22(23,24)25/h5-8,10,14H,2-4,9,11-13,15H2,1H3. The van der Waals surface area contributed by atoms with Gasteiger partial charge in [0, 0.05) is 29.2 Å². The molecule has 1 fully saturated rings. The van der Waals surface area contributed by atoms with Crippen molar-refractivity contribution in [1.29, 1.82) is 0 Å². The van der Waals surface area contributed by atoms with Gasteiger partial charge in [0.25, 0.3) is 0 Å². The van der Waals surface area contributed by atoms with Crippen molar-refractivity contribution < 1.29 is 18.0 Å². The Morgan fingerprint density at radius 3 is 2.38 bits per heavy atom. The van der Waals surface area contributed by atoms with Gasteiger partial charge in [-0.05, 0) is 75.0 Å². The van der Waals surface area contributed by atoms with Crippen LogP contribution in [-0.4, -0.2) is 36.9 Å². The van der Waals surface area contributed by atoms with E-state index in [0.29, 0.717) is 18.8 Å². The largest absolute Gasteiger partial charge is 0.416 e. The molecule has 1 atom stereocenters. The molecule has 7 heteroatoms. The van der Waals surface area contributed by atoms with Crippen molar-refractivity contribution in [1.82, 2.24) is 4.90 Å². The minimum absolute atomic E-state index is 0.0438. The number of piperidine rings is 1. The Balaban J connectivity index is 1.77. The van der Waals surface area contributed by atoms with E-state index in [4.69, 9.17) is 0 Å². The summed E-state index contributed by atoms with van der Waals surface area (Å²) in [6, 6.07) is 7.28. The summed E-state index contributed by atoms with van der Waals surface area (Å²) in [4.78, 5) is 18.8. The summed E-state index contributed by atoms with van der Waals surface area (Å²) < 4.78 is 39.1. The molecule has 2 aliphatic heterocycles. The van der Waals surface area contributed by atoms with Gasteiger partial charge >= 0.3 is 6.18 Å². The number of ketones is 1. The van der Waals surface area contributed by atoms with Gasteiger partial charge in [-0.1, -0.05) is 6.42 Å². The number of likely N-dealkylation sites (tertiary alicyclic amines) is 1. The van der Waals surface area contributed by atoms with Crippen molar-refractivity contribution in [3.63, 3.8) is 0 Å². The maximum atomic E-state index is 13.2. The van der Waals surface area contributed by atoms with Crippen LogP contribution in [0.3, 0.4) is 0 Å². The van der Waals surface area contributed by atoms with Crippen molar-refractivity contribution in [2.75, 3.05) is 31.1 Å². The van der Waals surface area contributed by atoms with E-state index in [1.165, 1.54) is 23.4 Å². The van der Waals surface area contributed by atoms with Gasteiger partial charge in [-0.2, -0.15) is 13.2 Å². The fraction of sp³-hybridized carbons (Fsp3) is 0.500. The molecular formula is C22H25F3N2OS. The number of alkyl halides is 3. The first kappa shape index (κ1) is 20.4. The van der Waals surface area contributed by atoms with Gasteiger partial charge < -0.3 is 9.80 Å². The van der Waals surface area contributed by atoms with Crippen LogP contribution in [0, 0.1) is 0 Å². The Hall–Kier alpha value is -1.86. The normalized spacial score (nSPS) is 23.1. The Morgan fingerprint density at radius 1 is 1.07 bits per heavy atom. The molecule has 0 amide bonds. The van der Waals surface area contributed by atoms with Crippen LogP contribution in [0.2, 0.25) is 0 Å². The van der Waals surface area contributed by atoms with Crippen LogP contribution in [0.15, 0.2) is 35.7 Å². The predicted octanol–water partition coefficient (Wildman–Crippen LogP) is 5.10. The summed E-state index contributed by atoms with van der Waals surface area (Å²) in [6.45, 7) is 4.72. The van der Waals surface area contributed by atoms with Crippen molar-refractivity contribution in [3.8, 4) is 0 Å². The number of thiophene rings is 1. The second-order valence-corrected chi connectivity index (χ2v) is 8.96. The minimum atomic E-state index is -4.37. The molecule has 1 unspecified atom stereocenters. The second-order valence-electron chi connectivity index (χ2n) is 7.96. The molecule has 2 aromatic rings. The quantitative estimate of drug-likeness (QED) is 0.685. The number of carbonyl (C=O) groups excluding carboxylic acids is 1. The van der Waals surface area contributed by atoms with Gasteiger partial charge in [0.2, 0.25) is 0 Å². The minimum Gasteiger partial charge on any atom is -0.354 e. The fourth-order valence-corrected chi connectivity index (χ4v) is 5.68. The Bertz CT molecular complexity index is 871. The van der Waals surface area contributed by atoms with E-state index in [1.54, 1.807) is 18.3 Å². The Labute approximate surface area is 173 Å². The highest BCUT2D eigenvalue weighted by molar-refractivity contribution is 7.10. The molecule has 1 saturated heterocycles. The highest BCUT2D eigenvalue weighted by atomic mass is 32.1. The highest BCUT2D eigenvalue weighted by Crippen LogP contribution is 2.43. The fourth-order valence-electron chi connectivity index (χ4n) is 4.73. The predicted molar refractivity (Wildman–Crippen MR) is 109 cm³/mol. The first-order valence-corrected chi connectivity index (χ1v) is 11.0. The van der Waals surface area contributed by atoms with Crippen LogP contribution in [0.1, 0.15) is 42.2 Å². The lowest BCUT2D eigenvalue weighted by Crippen LogP contribution is -2.61. The smallest absolute Gasteiger partial charge is 0.354 e. The zero-order valence-corrected chi connectivity index (χ0v) is 17.3. The van der Waals surface area contributed by atoms with Gasteiger partial charge in [-0.15, -0.1) is 11.3 Å². The molecule has 0 aliphatic carbocycles. The summed E-state index contributed by atoms with van der Waals surface area (Å²) in [6.07, 6.45) is -0.138. The summed E-state index contributed by atoms with van der Waals surface area (Å²) in [5.41, 5.74) is 0.165. The summed E-state index contributed by atoms with van der Waals surface area (Å²) in [5, 5.41) is 2.02. The number of rotatable bonds is 4. The molecule has 3 heterocycles. The van der Waals surface area contributed by atoms with Crippen LogP contribution in [0.5, 0.6) is 0 Å². The molecule has 0 saturated carbocycles. The van der Waals surface area contributed by atoms with E-state index in [-0.39, 0.29) is 5.78 Å². The zero-order chi connectivity index (χ0) is 20.6. The highest BCUT2D eigenvalue weighted by Gasteiger charge is 2.48. The zero-order valence-electron chi connectivity index (χ0n) is 16.5. The molecule has 1 aromatic carbocycles. The summed E-state index contributed by atoms with van der Waals surface area (Å²) in [7, 11) is 0. The van der Waals surface area contributed by atoms with E-state index in [0.717, 1.165) is 50.0 Å². The average molecular weight is 423 g/mol. The first-order valence-electron chi connectivity index (χ1n) is 10.1. The number of anilines is 1. The van der Waals surface area contributed by atoms with Crippen molar-refractivity contribution in [3.05, 3.63) is 51.7 Å². The van der Waals surface area contributed by atoms with Gasteiger partial charge in [0.1, 0.15) is 5.54 Å². The number of fused-ring (bicyclic) bond motifs is 1. The topological polar surface area (TPSA) is 23.6 Å². The second kappa shape index (κ2) is 7.76. The molecule has 0 radical (unpaired) electrons. The number of halogens is 3. The number of benzene rings is 1. The SMILES string of the molecule is CC(=O)C1(CN2CCCCC2)c2ccsc2CCN1c1ccc(C(F)(F)F)cc1. The summed E-state index contributed by atoms with van der Waals surface area (Å²) in [5.74, 6) is 0.0438. The van der Waals surface area contributed by atoms with Crippen LogP contribution < -0.4 is 4.90 Å². The number of hydrogen-bond acceptors (Lipinski definition) is 4. The molecule has 2 aliphatic rings. The van der Waals surface area contributed by atoms with Gasteiger partial charge in [0.05, 0.1) is 5.56 Å². The lowest BCUT2D eigenvalue weighted by atomic mass is 9.79. The number of carbonyl (C=O) groups is 1. The van der Waals surface area contributed by atoms with Crippen molar-refractivity contribution >= 4 is 22.8 Å². The molecule has 4 rings (SSSR count). The third kappa shape index (κ3) is 3.70. The van der Waals surface area contributed by atoms with E-state index >= 15 is 0 Å². The van der Waals surface area contributed by atoms with E-state index in [1.807, 2.05) is 16.3 Å². The lowest BCUT2D eigenvalue weighted by Gasteiger charge is -2.49. The van der Waals surface area contributed by atoms with Crippen molar-refractivity contribution in [2.24, 2.45) is 0 Å². The molecule has 0 spiro atoms. The molecule has 1 aromatic heterocycles. The van der Waals surface area contributed by atoms with Gasteiger partial charge in [0.15, 0.2) is 5.78 Å². The summed E-state index contributed by atoms with van der Waals surface area (Å²) >= 11 is 1.66. The molecule has 0 N–H and O–H groups in total. The van der Waals surface area contributed by atoms with Crippen LogP contribution in [0.25, 0.3) is 0 Å². The average Bonchev–Trinajstić information content (AvgIpc) is 3.18. The molecule has 29 heavy (non-hydrogen) atoms. The molecule has 3 nitrogen and oxygen atoms in total. The maximum Gasteiger partial charge on any atom is 0.416 e. The van der Waals surface area contributed by atoms with E-state index in [9.17, 15) is 18.0 Å². The maximum absolute atomic E-state index is 13.2. The van der Waals surface area contributed by atoms with Crippen molar-refractivity contribution in [2.45, 2.75) is 44.3 Å². The molecule has 0 bridgehead atoms. The van der Waals surface area contributed by atoms with E-state index < -0.39 is 17.3 Å². The van der Waals surface area contributed by atoms with E-state index in [2.05, 4.69) is 4.90 Å². The van der Waals surface area contributed by atoms with Crippen LogP contribution in [-0.2, 0) is 22.9 Å². The number of Topliss-reactive ketones (excluding diaryl/α,β-unsaturated/α-hetero) is 1. The van der Waals surface area contributed by atoms with Crippen LogP contribution in [0.4, 0.5) is 18.9 Å². The number of hydrogen-bond donors (Lipinski definition) is 0. The van der Waals surface area contributed by atoms with Crippen LogP contribution >= 0.6 is 11.3 Å². The number of nitrogens with zero attached hydrogens (tertiary/aromatic N) is 2. The third-order valence-corrected chi connectivity index (χ3v) is 7.18.